The summed E-state index contributed by atoms with van der Waals surface area (Å²) in [5.74, 6) is 0.814. The zero-order valence-corrected chi connectivity index (χ0v) is 14.5. The zero-order chi connectivity index (χ0) is 18.4. The van der Waals surface area contributed by atoms with E-state index in [9.17, 15) is 9.59 Å². The summed E-state index contributed by atoms with van der Waals surface area (Å²) in [7, 11) is 0. The van der Waals surface area contributed by atoms with Gasteiger partial charge in [-0.05, 0) is 36.8 Å². The predicted octanol–water partition coefficient (Wildman–Crippen LogP) is 2.41. The Hall–Kier alpha value is -3.09. The third-order valence-corrected chi connectivity index (χ3v) is 3.90. The summed E-state index contributed by atoms with van der Waals surface area (Å²) in [5, 5.41) is 0. The van der Waals surface area contributed by atoms with E-state index >= 15 is 0 Å². The number of aromatic nitrogens is 1. The van der Waals surface area contributed by atoms with E-state index in [1.165, 1.54) is 6.20 Å². The molecule has 0 bridgehead atoms. The molecular weight excluding hydrogens is 336 g/mol. The predicted molar refractivity (Wildman–Crippen MR) is 92.8 cm³/mol. The van der Waals surface area contributed by atoms with E-state index in [4.69, 9.17) is 14.2 Å². The van der Waals surface area contributed by atoms with Crippen LogP contribution in [0.5, 0.6) is 11.5 Å². The molecule has 26 heavy (non-hydrogen) atoms. The van der Waals surface area contributed by atoms with Crippen LogP contribution in [0.25, 0.3) is 0 Å². The van der Waals surface area contributed by atoms with Gasteiger partial charge in [0.25, 0.3) is 5.91 Å². The number of esters is 1. The summed E-state index contributed by atoms with van der Waals surface area (Å²) in [6.45, 7) is 2.85. The second-order valence-electron chi connectivity index (χ2n) is 5.71. The molecule has 1 amide bonds. The first-order valence-electron chi connectivity index (χ1n) is 8.41. The topological polar surface area (TPSA) is 78.0 Å². The van der Waals surface area contributed by atoms with Gasteiger partial charge in [0.2, 0.25) is 6.79 Å². The lowest BCUT2D eigenvalue weighted by Gasteiger charge is -2.22. The number of hydrogen-bond donors (Lipinski definition) is 0. The van der Waals surface area contributed by atoms with E-state index in [1.807, 2.05) is 18.2 Å². The van der Waals surface area contributed by atoms with Crippen LogP contribution in [0.3, 0.4) is 0 Å². The number of rotatable bonds is 7. The van der Waals surface area contributed by atoms with E-state index < -0.39 is 0 Å². The molecule has 0 radical (unpaired) electrons. The fraction of sp³-hybridized carbons (Fsp3) is 0.316. The van der Waals surface area contributed by atoms with Gasteiger partial charge in [-0.15, -0.1) is 0 Å². The van der Waals surface area contributed by atoms with E-state index in [0.29, 0.717) is 30.2 Å². The molecule has 0 N–H and O–H groups in total. The van der Waals surface area contributed by atoms with Crippen molar-refractivity contribution in [2.75, 3.05) is 19.9 Å². The normalized spacial score (nSPS) is 11.9. The van der Waals surface area contributed by atoms with E-state index in [2.05, 4.69) is 4.98 Å². The van der Waals surface area contributed by atoms with Crippen LogP contribution in [0.2, 0.25) is 0 Å². The van der Waals surface area contributed by atoms with Gasteiger partial charge in [-0.3, -0.25) is 14.6 Å². The maximum Gasteiger partial charge on any atom is 0.307 e. The Morgan fingerprint density at radius 2 is 2.08 bits per heavy atom. The van der Waals surface area contributed by atoms with Gasteiger partial charge in [0.1, 0.15) is 0 Å². The lowest BCUT2D eigenvalue weighted by Crippen LogP contribution is -2.33. The Balaban J connectivity index is 1.75. The number of ether oxygens (including phenoxy) is 3. The first-order chi connectivity index (χ1) is 12.7. The molecule has 1 aliphatic rings. The van der Waals surface area contributed by atoms with Gasteiger partial charge in [-0.1, -0.05) is 6.07 Å². The van der Waals surface area contributed by atoms with Crippen LogP contribution in [0.15, 0.2) is 42.7 Å². The molecule has 3 rings (SSSR count). The monoisotopic (exact) mass is 356 g/mol. The first-order valence-corrected chi connectivity index (χ1v) is 8.41. The van der Waals surface area contributed by atoms with Gasteiger partial charge in [-0.2, -0.15) is 0 Å². The minimum absolute atomic E-state index is 0.129. The Morgan fingerprint density at radius 3 is 2.85 bits per heavy atom. The molecule has 0 unspecified atom stereocenters. The number of carbonyl (C=O) groups is 2. The Bertz CT molecular complexity index is 779. The molecule has 0 atom stereocenters. The average molecular weight is 356 g/mol. The number of carbonyl (C=O) groups excluding carboxylic acids is 2. The van der Waals surface area contributed by atoms with Crippen molar-refractivity contribution in [3.05, 3.63) is 53.9 Å². The van der Waals surface area contributed by atoms with Crippen molar-refractivity contribution in [2.45, 2.75) is 19.9 Å². The maximum atomic E-state index is 12.8. The summed E-state index contributed by atoms with van der Waals surface area (Å²) >= 11 is 0. The summed E-state index contributed by atoms with van der Waals surface area (Å²) in [5.41, 5.74) is 1.35. The molecule has 0 spiro atoms. The van der Waals surface area contributed by atoms with Crippen LogP contribution < -0.4 is 9.47 Å². The second kappa shape index (κ2) is 8.33. The molecule has 7 heteroatoms. The minimum Gasteiger partial charge on any atom is -0.466 e. The lowest BCUT2D eigenvalue weighted by molar-refractivity contribution is -0.143. The van der Waals surface area contributed by atoms with Crippen molar-refractivity contribution >= 4 is 11.9 Å². The van der Waals surface area contributed by atoms with Gasteiger partial charge < -0.3 is 19.1 Å². The maximum absolute atomic E-state index is 12.8. The standard InChI is InChI=1S/C19H20N2O5/c1-2-24-18(22)7-9-21(19(23)15-4-3-8-20-11-15)12-14-5-6-16-17(10-14)26-13-25-16/h3-6,8,10-11H,2,7,9,12-13H2,1H3. The Kier molecular flexibility index (Phi) is 5.68. The molecule has 7 nitrogen and oxygen atoms in total. The summed E-state index contributed by atoms with van der Waals surface area (Å²) in [6.07, 6.45) is 3.25. The minimum atomic E-state index is -0.331. The van der Waals surface area contributed by atoms with Crippen LogP contribution in [0.4, 0.5) is 0 Å². The number of benzene rings is 1. The molecule has 0 saturated heterocycles. The van der Waals surface area contributed by atoms with Crippen molar-refractivity contribution in [1.82, 2.24) is 9.88 Å². The van der Waals surface area contributed by atoms with Gasteiger partial charge in [0.05, 0.1) is 18.6 Å². The van der Waals surface area contributed by atoms with Crippen molar-refractivity contribution in [2.24, 2.45) is 0 Å². The Morgan fingerprint density at radius 1 is 1.23 bits per heavy atom. The third kappa shape index (κ3) is 4.30. The summed E-state index contributed by atoms with van der Waals surface area (Å²) in [4.78, 5) is 30.1. The number of fused-ring (bicyclic) bond motifs is 1. The highest BCUT2D eigenvalue weighted by Crippen LogP contribution is 2.32. The van der Waals surface area contributed by atoms with Crippen LogP contribution in [-0.2, 0) is 16.1 Å². The summed E-state index contributed by atoms with van der Waals surface area (Å²) < 4.78 is 15.7. The fourth-order valence-electron chi connectivity index (χ4n) is 2.64. The highest BCUT2D eigenvalue weighted by molar-refractivity contribution is 5.94. The molecule has 0 fully saturated rings. The Labute approximate surface area is 151 Å². The van der Waals surface area contributed by atoms with Crippen molar-refractivity contribution in [3.63, 3.8) is 0 Å². The molecule has 0 aliphatic carbocycles. The largest absolute Gasteiger partial charge is 0.466 e. The van der Waals surface area contributed by atoms with Gasteiger partial charge >= 0.3 is 5.97 Å². The zero-order valence-electron chi connectivity index (χ0n) is 14.5. The molecule has 1 aliphatic heterocycles. The van der Waals surface area contributed by atoms with E-state index in [-0.39, 0.29) is 31.6 Å². The number of hydrogen-bond acceptors (Lipinski definition) is 6. The van der Waals surface area contributed by atoms with Crippen molar-refractivity contribution in [1.29, 1.82) is 0 Å². The SMILES string of the molecule is CCOC(=O)CCN(Cc1ccc2c(c1)OCO2)C(=O)c1cccnc1. The summed E-state index contributed by atoms with van der Waals surface area (Å²) in [6, 6.07) is 8.94. The first kappa shape index (κ1) is 17.7. The second-order valence-corrected chi connectivity index (χ2v) is 5.71. The molecule has 136 valence electrons. The van der Waals surface area contributed by atoms with Crippen molar-refractivity contribution in [3.8, 4) is 11.5 Å². The highest BCUT2D eigenvalue weighted by atomic mass is 16.7. The van der Waals surface area contributed by atoms with Crippen LogP contribution in [0, 0.1) is 0 Å². The van der Waals surface area contributed by atoms with Crippen LogP contribution in [-0.4, -0.2) is 41.7 Å². The molecule has 1 aromatic heterocycles. The molecule has 2 aromatic rings. The average Bonchev–Trinajstić information content (AvgIpc) is 3.13. The van der Waals surface area contributed by atoms with E-state index in [0.717, 1.165) is 5.56 Å². The number of amides is 1. The number of pyridine rings is 1. The van der Waals surface area contributed by atoms with Gasteiger partial charge in [-0.25, -0.2) is 0 Å². The van der Waals surface area contributed by atoms with E-state index in [1.54, 1.807) is 30.2 Å². The molecular formula is C19H20N2O5. The molecule has 2 heterocycles. The van der Waals surface area contributed by atoms with Crippen molar-refractivity contribution < 1.29 is 23.8 Å². The highest BCUT2D eigenvalue weighted by Gasteiger charge is 2.20. The van der Waals surface area contributed by atoms with Gasteiger partial charge in [0, 0.05) is 25.5 Å². The quantitative estimate of drug-likeness (QED) is 0.709. The van der Waals surface area contributed by atoms with Crippen LogP contribution >= 0.6 is 0 Å². The third-order valence-electron chi connectivity index (χ3n) is 3.90. The molecule has 1 aromatic carbocycles. The smallest absolute Gasteiger partial charge is 0.307 e. The van der Waals surface area contributed by atoms with Crippen LogP contribution in [0.1, 0.15) is 29.3 Å². The molecule has 0 saturated carbocycles. The lowest BCUT2D eigenvalue weighted by atomic mass is 10.1. The number of nitrogens with zero attached hydrogens (tertiary/aromatic N) is 2. The fourth-order valence-corrected chi connectivity index (χ4v) is 2.64. The van der Waals surface area contributed by atoms with Gasteiger partial charge in [0.15, 0.2) is 11.5 Å².